The average Bonchev–Trinajstić information content (AvgIpc) is 2.79. The predicted molar refractivity (Wildman–Crippen MR) is 74.2 cm³/mol. The van der Waals surface area contributed by atoms with Gasteiger partial charge >= 0.3 is 0 Å². The molecule has 3 aliphatic carbocycles. The lowest BCUT2D eigenvalue weighted by molar-refractivity contribution is 0.456. The molecule has 0 saturated heterocycles. The van der Waals surface area contributed by atoms with Crippen molar-refractivity contribution in [3.63, 3.8) is 0 Å². The monoisotopic (exact) mass is 242 g/mol. The van der Waals surface area contributed by atoms with Crippen molar-refractivity contribution >= 4 is 5.69 Å². The summed E-state index contributed by atoms with van der Waals surface area (Å²) in [4.78, 5) is 0. The van der Waals surface area contributed by atoms with Gasteiger partial charge in [0.05, 0.1) is 0 Å². The second-order valence-electron chi connectivity index (χ2n) is 6.46. The molecule has 2 heteroatoms. The van der Waals surface area contributed by atoms with Gasteiger partial charge in [-0.3, -0.25) is 0 Å². The van der Waals surface area contributed by atoms with Gasteiger partial charge < -0.3 is 11.1 Å². The second kappa shape index (κ2) is 3.99. The average molecular weight is 242 g/mol. The van der Waals surface area contributed by atoms with Crippen LogP contribution >= 0.6 is 0 Å². The van der Waals surface area contributed by atoms with Gasteiger partial charge in [0.2, 0.25) is 0 Å². The maximum Gasteiger partial charge on any atom is 0.0314 e. The van der Waals surface area contributed by atoms with Crippen molar-refractivity contribution in [1.82, 2.24) is 5.32 Å². The van der Waals surface area contributed by atoms with E-state index in [2.05, 4.69) is 17.4 Å². The molecular weight excluding hydrogens is 220 g/mol. The van der Waals surface area contributed by atoms with Crippen LogP contribution in [0.4, 0.5) is 5.69 Å². The quantitative estimate of drug-likeness (QED) is 0.796. The highest BCUT2D eigenvalue weighted by molar-refractivity contribution is 5.39. The van der Waals surface area contributed by atoms with Gasteiger partial charge in [-0.1, -0.05) is 12.1 Å². The summed E-state index contributed by atoms with van der Waals surface area (Å²) >= 11 is 0. The predicted octanol–water partition coefficient (Wildman–Crippen LogP) is 2.45. The lowest BCUT2D eigenvalue weighted by atomic mass is 10.0. The standard InChI is InChI=1S/C16H22N2/c17-13-5-1-10(2-6-13)7-8-18-16-14-11-3-4-12(9-11)15(14)16/h1-2,5-6,11-12,14-16,18H,3-4,7-9,17H2. The minimum Gasteiger partial charge on any atom is -0.399 e. The highest BCUT2D eigenvalue weighted by Crippen LogP contribution is 2.65. The number of hydrogen-bond acceptors (Lipinski definition) is 2. The molecule has 0 aliphatic heterocycles. The van der Waals surface area contributed by atoms with E-state index in [1.165, 1.54) is 18.4 Å². The highest BCUT2D eigenvalue weighted by Gasteiger charge is 2.64. The van der Waals surface area contributed by atoms with Crippen molar-refractivity contribution in [3.05, 3.63) is 29.8 Å². The molecule has 96 valence electrons. The van der Waals surface area contributed by atoms with Gasteiger partial charge in [-0.2, -0.15) is 0 Å². The van der Waals surface area contributed by atoms with Crippen molar-refractivity contribution in [2.24, 2.45) is 23.7 Å². The molecule has 0 radical (unpaired) electrons. The summed E-state index contributed by atoms with van der Waals surface area (Å²) < 4.78 is 0. The first-order chi connectivity index (χ1) is 8.83. The van der Waals surface area contributed by atoms with Gasteiger partial charge in [-0.25, -0.2) is 0 Å². The Morgan fingerprint density at radius 1 is 1.06 bits per heavy atom. The third-order valence-corrected chi connectivity index (χ3v) is 5.51. The first kappa shape index (κ1) is 10.9. The van der Waals surface area contributed by atoms with E-state index < -0.39 is 0 Å². The third kappa shape index (κ3) is 1.66. The molecule has 3 saturated carbocycles. The number of anilines is 1. The first-order valence-corrected chi connectivity index (χ1v) is 7.41. The summed E-state index contributed by atoms with van der Waals surface area (Å²) in [5.41, 5.74) is 7.95. The zero-order valence-corrected chi connectivity index (χ0v) is 10.8. The molecule has 3 N–H and O–H groups in total. The Hall–Kier alpha value is -1.02. The number of nitrogens with one attached hydrogen (secondary N) is 1. The Balaban J connectivity index is 1.27. The van der Waals surface area contributed by atoms with E-state index in [0.717, 1.165) is 48.4 Å². The number of benzene rings is 1. The molecule has 4 unspecified atom stereocenters. The van der Waals surface area contributed by atoms with E-state index in [0.29, 0.717) is 0 Å². The summed E-state index contributed by atoms with van der Waals surface area (Å²) in [6, 6.07) is 9.16. The molecule has 2 bridgehead atoms. The van der Waals surface area contributed by atoms with Gasteiger partial charge in [-0.05, 0) is 73.6 Å². The van der Waals surface area contributed by atoms with E-state index in [-0.39, 0.29) is 0 Å². The van der Waals surface area contributed by atoms with Crippen molar-refractivity contribution in [2.75, 3.05) is 12.3 Å². The van der Waals surface area contributed by atoms with Crippen molar-refractivity contribution in [1.29, 1.82) is 0 Å². The maximum absolute atomic E-state index is 5.70. The molecule has 2 nitrogen and oxygen atoms in total. The SMILES string of the molecule is Nc1ccc(CCNC2C3C4CCC(C4)C23)cc1. The van der Waals surface area contributed by atoms with E-state index in [4.69, 9.17) is 5.73 Å². The topological polar surface area (TPSA) is 38.0 Å². The Bertz CT molecular complexity index is 423. The minimum atomic E-state index is 0.861. The van der Waals surface area contributed by atoms with Gasteiger partial charge in [0.15, 0.2) is 0 Å². The van der Waals surface area contributed by atoms with Crippen LogP contribution < -0.4 is 11.1 Å². The second-order valence-corrected chi connectivity index (χ2v) is 6.46. The molecule has 1 aromatic rings. The Morgan fingerprint density at radius 2 is 1.72 bits per heavy atom. The van der Waals surface area contributed by atoms with Crippen molar-refractivity contribution in [2.45, 2.75) is 31.7 Å². The van der Waals surface area contributed by atoms with Gasteiger partial charge in [-0.15, -0.1) is 0 Å². The molecule has 18 heavy (non-hydrogen) atoms. The highest BCUT2D eigenvalue weighted by atomic mass is 15.0. The van der Waals surface area contributed by atoms with Crippen LogP contribution in [0.1, 0.15) is 24.8 Å². The van der Waals surface area contributed by atoms with Crippen LogP contribution in [0.2, 0.25) is 0 Å². The van der Waals surface area contributed by atoms with E-state index >= 15 is 0 Å². The molecule has 4 atom stereocenters. The molecule has 0 heterocycles. The number of rotatable bonds is 4. The molecule has 3 aliphatic rings. The van der Waals surface area contributed by atoms with Crippen LogP contribution in [0, 0.1) is 23.7 Å². The lowest BCUT2D eigenvalue weighted by Gasteiger charge is -2.10. The molecule has 0 amide bonds. The lowest BCUT2D eigenvalue weighted by Crippen LogP contribution is -2.25. The first-order valence-electron chi connectivity index (χ1n) is 7.41. The van der Waals surface area contributed by atoms with Crippen LogP contribution in [0.25, 0.3) is 0 Å². The van der Waals surface area contributed by atoms with Crippen molar-refractivity contribution in [3.8, 4) is 0 Å². The van der Waals surface area contributed by atoms with Crippen LogP contribution in [0.15, 0.2) is 24.3 Å². The molecular formula is C16H22N2. The summed E-state index contributed by atoms with van der Waals surface area (Å²) in [5, 5.41) is 3.79. The van der Waals surface area contributed by atoms with Crippen LogP contribution in [0.5, 0.6) is 0 Å². The van der Waals surface area contributed by atoms with Crippen molar-refractivity contribution < 1.29 is 0 Å². The van der Waals surface area contributed by atoms with E-state index in [1.807, 2.05) is 12.1 Å². The number of fused-ring (bicyclic) bond motifs is 5. The number of nitrogen functional groups attached to an aromatic ring is 1. The maximum atomic E-state index is 5.70. The molecule has 3 fully saturated rings. The Labute approximate surface area is 109 Å². The normalized spacial score (nSPS) is 39.9. The summed E-state index contributed by atoms with van der Waals surface area (Å²) in [6.07, 6.45) is 5.71. The van der Waals surface area contributed by atoms with Gasteiger partial charge in [0.25, 0.3) is 0 Å². The summed E-state index contributed by atoms with van der Waals surface area (Å²) in [7, 11) is 0. The fraction of sp³-hybridized carbons (Fsp3) is 0.625. The molecule has 0 spiro atoms. The van der Waals surface area contributed by atoms with E-state index in [9.17, 15) is 0 Å². The zero-order chi connectivity index (χ0) is 12.1. The molecule has 4 rings (SSSR count). The largest absolute Gasteiger partial charge is 0.399 e. The molecule has 0 aromatic heterocycles. The summed E-state index contributed by atoms with van der Waals surface area (Å²) in [6.45, 7) is 1.13. The van der Waals surface area contributed by atoms with Gasteiger partial charge in [0, 0.05) is 11.7 Å². The third-order valence-electron chi connectivity index (χ3n) is 5.51. The Kier molecular flexibility index (Phi) is 2.41. The van der Waals surface area contributed by atoms with E-state index in [1.54, 1.807) is 6.42 Å². The van der Waals surface area contributed by atoms with Crippen LogP contribution in [-0.2, 0) is 6.42 Å². The minimum absolute atomic E-state index is 0.861. The fourth-order valence-corrected chi connectivity index (χ4v) is 4.67. The summed E-state index contributed by atoms with van der Waals surface area (Å²) in [5.74, 6) is 4.26. The fourth-order valence-electron chi connectivity index (χ4n) is 4.67. The Morgan fingerprint density at radius 3 is 2.39 bits per heavy atom. The molecule has 1 aromatic carbocycles. The zero-order valence-electron chi connectivity index (χ0n) is 10.8. The van der Waals surface area contributed by atoms with Gasteiger partial charge in [0.1, 0.15) is 0 Å². The number of hydrogen-bond donors (Lipinski definition) is 2. The van der Waals surface area contributed by atoms with Crippen LogP contribution in [0.3, 0.4) is 0 Å². The number of nitrogens with two attached hydrogens (primary N) is 1. The van der Waals surface area contributed by atoms with Crippen LogP contribution in [-0.4, -0.2) is 12.6 Å². The smallest absolute Gasteiger partial charge is 0.0314 e.